The maximum atomic E-state index is 5.35. The molecule has 0 radical (unpaired) electrons. The first-order valence-electron chi connectivity index (χ1n) is 7.42. The molecule has 2 rings (SSSR count). The van der Waals surface area contributed by atoms with Gasteiger partial charge in [-0.3, -0.25) is 0 Å². The number of benzene rings is 1. The first kappa shape index (κ1) is 14.7. The molecule has 1 aromatic heterocycles. The zero-order valence-electron chi connectivity index (χ0n) is 12.5. The van der Waals surface area contributed by atoms with Crippen LogP contribution in [0.3, 0.4) is 0 Å². The Morgan fingerprint density at radius 3 is 2.50 bits per heavy atom. The van der Waals surface area contributed by atoms with E-state index in [0.717, 1.165) is 31.4 Å². The van der Waals surface area contributed by atoms with Crippen LogP contribution in [0.2, 0.25) is 0 Å². The van der Waals surface area contributed by atoms with Crippen LogP contribution in [0.4, 0.5) is 0 Å². The van der Waals surface area contributed by atoms with Crippen LogP contribution in [-0.4, -0.2) is 22.7 Å². The van der Waals surface area contributed by atoms with Gasteiger partial charge in [0, 0.05) is 18.0 Å². The Morgan fingerprint density at radius 1 is 1.15 bits per heavy atom. The van der Waals surface area contributed by atoms with Gasteiger partial charge in [0.25, 0.3) is 0 Å². The predicted molar refractivity (Wildman–Crippen MR) is 80.6 cm³/mol. The average Bonchev–Trinajstić information content (AvgIpc) is 2.95. The molecule has 0 saturated heterocycles. The molecule has 20 heavy (non-hydrogen) atoms. The second kappa shape index (κ2) is 7.20. The van der Waals surface area contributed by atoms with Gasteiger partial charge in [0.1, 0.15) is 0 Å². The minimum atomic E-state index is 0.399. The van der Waals surface area contributed by atoms with E-state index in [0.29, 0.717) is 17.8 Å². The summed E-state index contributed by atoms with van der Waals surface area (Å²) in [5, 5.41) is 7.49. The first-order chi connectivity index (χ1) is 9.76. The van der Waals surface area contributed by atoms with Crippen LogP contribution < -0.4 is 5.32 Å². The van der Waals surface area contributed by atoms with E-state index in [4.69, 9.17) is 4.52 Å². The molecule has 1 atom stereocenters. The Morgan fingerprint density at radius 2 is 1.90 bits per heavy atom. The van der Waals surface area contributed by atoms with Crippen molar-refractivity contribution in [2.45, 2.75) is 46.1 Å². The lowest BCUT2D eigenvalue weighted by molar-refractivity contribution is 0.355. The predicted octanol–water partition coefficient (Wildman–Crippen LogP) is 3.23. The van der Waals surface area contributed by atoms with Crippen LogP contribution in [0.1, 0.15) is 38.6 Å². The van der Waals surface area contributed by atoms with Crippen molar-refractivity contribution in [3.8, 4) is 11.4 Å². The number of hydrogen-bond acceptors (Lipinski definition) is 4. The molecule has 0 aliphatic carbocycles. The second-order valence-corrected chi connectivity index (χ2v) is 4.93. The highest BCUT2D eigenvalue weighted by molar-refractivity contribution is 5.54. The van der Waals surface area contributed by atoms with Crippen molar-refractivity contribution in [1.29, 1.82) is 0 Å². The molecule has 1 unspecified atom stereocenters. The van der Waals surface area contributed by atoms with Gasteiger partial charge in [-0.2, -0.15) is 4.98 Å². The Kier molecular flexibility index (Phi) is 5.30. The highest BCUT2D eigenvalue weighted by Crippen LogP contribution is 2.17. The summed E-state index contributed by atoms with van der Waals surface area (Å²) < 4.78 is 5.35. The molecule has 0 spiro atoms. The van der Waals surface area contributed by atoms with Gasteiger partial charge in [-0.25, -0.2) is 0 Å². The summed E-state index contributed by atoms with van der Waals surface area (Å²) in [6, 6.07) is 8.72. The van der Waals surface area contributed by atoms with Crippen molar-refractivity contribution in [2.24, 2.45) is 0 Å². The van der Waals surface area contributed by atoms with E-state index < -0.39 is 0 Å². The molecule has 4 heteroatoms. The lowest BCUT2D eigenvalue weighted by Crippen LogP contribution is -2.30. The normalized spacial score (nSPS) is 12.6. The van der Waals surface area contributed by atoms with Crippen LogP contribution >= 0.6 is 0 Å². The Hall–Kier alpha value is -1.68. The SMILES string of the molecule is CCNC(CC)Cc1nc(-c2ccc(CC)cc2)no1. The number of nitrogens with zero attached hydrogens (tertiary/aromatic N) is 2. The minimum Gasteiger partial charge on any atom is -0.339 e. The molecule has 0 fully saturated rings. The zero-order chi connectivity index (χ0) is 14.4. The number of nitrogens with one attached hydrogen (secondary N) is 1. The molecule has 0 aliphatic rings. The van der Waals surface area contributed by atoms with E-state index in [1.54, 1.807) is 0 Å². The van der Waals surface area contributed by atoms with Crippen molar-refractivity contribution in [2.75, 3.05) is 6.54 Å². The monoisotopic (exact) mass is 273 g/mol. The molecule has 108 valence electrons. The van der Waals surface area contributed by atoms with Gasteiger partial charge in [-0.05, 0) is 24.9 Å². The number of likely N-dealkylation sites (N-methyl/N-ethyl adjacent to an activating group) is 1. The fourth-order valence-corrected chi connectivity index (χ4v) is 2.20. The maximum absolute atomic E-state index is 5.35. The van der Waals surface area contributed by atoms with Gasteiger partial charge in [0.2, 0.25) is 11.7 Å². The average molecular weight is 273 g/mol. The summed E-state index contributed by atoms with van der Waals surface area (Å²) in [4.78, 5) is 4.49. The molecule has 0 saturated carbocycles. The molecule has 0 aliphatic heterocycles. The van der Waals surface area contributed by atoms with Crippen LogP contribution in [0.25, 0.3) is 11.4 Å². The van der Waals surface area contributed by atoms with Gasteiger partial charge in [0.05, 0.1) is 0 Å². The minimum absolute atomic E-state index is 0.399. The number of rotatable bonds is 7. The fourth-order valence-electron chi connectivity index (χ4n) is 2.20. The standard InChI is InChI=1S/C16H23N3O/c1-4-12-7-9-13(10-8-12)16-18-15(20-19-16)11-14(5-2)17-6-3/h7-10,14,17H,4-6,11H2,1-3H3. The zero-order valence-corrected chi connectivity index (χ0v) is 12.5. The van der Waals surface area contributed by atoms with E-state index in [9.17, 15) is 0 Å². The highest BCUT2D eigenvalue weighted by atomic mass is 16.5. The van der Waals surface area contributed by atoms with E-state index in [2.05, 4.69) is 60.5 Å². The summed E-state index contributed by atoms with van der Waals surface area (Å²) in [6.07, 6.45) is 2.87. The van der Waals surface area contributed by atoms with Crippen LogP contribution in [0.5, 0.6) is 0 Å². The number of aryl methyl sites for hydroxylation is 1. The van der Waals surface area contributed by atoms with E-state index in [-0.39, 0.29) is 0 Å². The van der Waals surface area contributed by atoms with Gasteiger partial charge in [-0.1, -0.05) is 50.2 Å². The molecule has 4 nitrogen and oxygen atoms in total. The quantitative estimate of drug-likeness (QED) is 0.841. The molecule has 2 aromatic rings. The van der Waals surface area contributed by atoms with Crippen molar-refractivity contribution >= 4 is 0 Å². The van der Waals surface area contributed by atoms with Crippen molar-refractivity contribution in [3.05, 3.63) is 35.7 Å². The summed E-state index contributed by atoms with van der Waals surface area (Å²) in [5.74, 6) is 1.38. The van der Waals surface area contributed by atoms with Crippen LogP contribution in [-0.2, 0) is 12.8 Å². The Balaban J connectivity index is 2.07. The highest BCUT2D eigenvalue weighted by Gasteiger charge is 2.13. The lowest BCUT2D eigenvalue weighted by atomic mass is 10.1. The topological polar surface area (TPSA) is 51.0 Å². The number of hydrogen-bond donors (Lipinski definition) is 1. The molecular weight excluding hydrogens is 250 g/mol. The van der Waals surface area contributed by atoms with E-state index in [1.165, 1.54) is 5.56 Å². The van der Waals surface area contributed by atoms with Crippen molar-refractivity contribution in [3.63, 3.8) is 0 Å². The van der Waals surface area contributed by atoms with Crippen LogP contribution in [0.15, 0.2) is 28.8 Å². The fraction of sp³-hybridized carbons (Fsp3) is 0.500. The summed E-state index contributed by atoms with van der Waals surface area (Å²) in [6.45, 7) is 7.37. The molecular formula is C16H23N3O. The molecule has 0 bridgehead atoms. The lowest BCUT2D eigenvalue weighted by Gasteiger charge is -2.12. The van der Waals surface area contributed by atoms with Crippen molar-refractivity contribution < 1.29 is 4.52 Å². The van der Waals surface area contributed by atoms with Gasteiger partial charge < -0.3 is 9.84 Å². The number of aromatic nitrogens is 2. The smallest absolute Gasteiger partial charge is 0.228 e. The third kappa shape index (κ3) is 3.67. The molecule has 0 amide bonds. The Bertz CT molecular complexity index is 519. The van der Waals surface area contributed by atoms with Gasteiger partial charge >= 0.3 is 0 Å². The summed E-state index contributed by atoms with van der Waals surface area (Å²) >= 11 is 0. The van der Waals surface area contributed by atoms with Gasteiger partial charge in [0.15, 0.2) is 0 Å². The van der Waals surface area contributed by atoms with E-state index >= 15 is 0 Å². The van der Waals surface area contributed by atoms with Crippen molar-refractivity contribution in [1.82, 2.24) is 15.5 Å². The third-order valence-corrected chi connectivity index (χ3v) is 3.50. The van der Waals surface area contributed by atoms with Gasteiger partial charge in [-0.15, -0.1) is 0 Å². The maximum Gasteiger partial charge on any atom is 0.228 e. The van der Waals surface area contributed by atoms with E-state index in [1.807, 2.05) is 0 Å². The summed E-state index contributed by atoms with van der Waals surface area (Å²) in [7, 11) is 0. The van der Waals surface area contributed by atoms with Crippen LogP contribution in [0, 0.1) is 0 Å². The largest absolute Gasteiger partial charge is 0.339 e. The summed E-state index contributed by atoms with van der Waals surface area (Å²) in [5.41, 5.74) is 2.32. The molecule has 1 aromatic carbocycles. The second-order valence-electron chi connectivity index (χ2n) is 4.93. The molecule has 1 heterocycles. The Labute approximate surface area is 120 Å². The molecule has 1 N–H and O–H groups in total. The first-order valence-corrected chi connectivity index (χ1v) is 7.42. The third-order valence-electron chi connectivity index (χ3n) is 3.50.